The molecule has 0 aromatic heterocycles. The monoisotopic (exact) mass is 258 g/mol. The van der Waals surface area contributed by atoms with Gasteiger partial charge < -0.3 is 4.74 Å². The van der Waals surface area contributed by atoms with Gasteiger partial charge in [0.1, 0.15) is 11.6 Å². The Morgan fingerprint density at radius 3 is 2.64 bits per heavy atom. The van der Waals surface area contributed by atoms with E-state index in [4.69, 9.17) is 4.74 Å². The Morgan fingerprint density at radius 2 is 2.07 bits per heavy atom. The molecular formula is C11H12BrFO. The zero-order chi connectivity index (χ0) is 10.4. The Hall–Kier alpha value is -0.830. The number of rotatable bonds is 4. The molecule has 0 amide bonds. The van der Waals surface area contributed by atoms with Crippen molar-refractivity contribution >= 4 is 15.9 Å². The van der Waals surface area contributed by atoms with Crippen molar-refractivity contribution in [1.82, 2.24) is 0 Å². The van der Waals surface area contributed by atoms with Crippen LogP contribution in [0.4, 0.5) is 4.39 Å². The molecule has 1 rings (SSSR count). The summed E-state index contributed by atoms with van der Waals surface area (Å²) < 4.78 is 18.0. The number of halogens is 2. The quantitative estimate of drug-likeness (QED) is 0.800. The van der Waals surface area contributed by atoms with Crippen LogP contribution in [0.25, 0.3) is 0 Å². The highest BCUT2D eigenvalue weighted by Crippen LogP contribution is 2.12. The van der Waals surface area contributed by atoms with Crippen LogP contribution in [0.2, 0.25) is 0 Å². The minimum Gasteiger partial charge on any atom is -0.493 e. The third-order valence-corrected chi connectivity index (χ3v) is 2.03. The van der Waals surface area contributed by atoms with Gasteiger partial charge in [0.25, 0.3) is 0 Å². The summed E-state index contributed by atoms with van der Waals surface area (Å²) in [4.78, 5) is 1.81. The molecule has 3 heteroatoms. The van der Waals surface area contributed by atoms with Gasteiger partial charge in [0, 0.05) is 5.92 Å². The third kappa shape index (κ3) is 3.92. The average Bonchev–Trinajstić information content (AvgIpc) is 2.17. The molecule has 1 aromatic rings. The number of hydrogen-bond donors (Lipinski definition) is 0. The summed E-state index contributed by atoms with van der Waals surface area (Å²) in [6.07, 6.45) is 1.99. The molecule has 1 aromatic carbocycles. The maximum atomic E-state index is 12.5. The van der Waals surface area contributed by atoms with E-state index >= 15 is 0 Å². The number of ether oxygens (including phenoxy) is 1. The zero-order valence-electron chi connectivity index (χ0n) is 7.91. The molecule has 0 N–H and O–H groups in total. The summed E-state index contributed by atoms with van der Waals surface area (Å²) in [7, 11) is 0. The number of hydrogen-bond acceptors (Lipinski definition) is 1. The molecular weight excluding hydrogens is 247 g/mol. The largest absolute Gasteiger partial charge is 0.493 e. The third-order valence-electron chi connectivity index (χ3n) is 1.73. The van der Waals surface area contributed by atoms with Gasteiger partial charge in [0.2, 0.25) is 0 Å². The van der Waals surface area contributed by atoms with E-state index in [9.17, 15) is 4.39 Å². The van der Waals surface area contributed by atoms with Crippen LogP contribution in [0.15, 0.2) is 35.3 Å². The van der Waals surface area contributed by atoms with E-state index in [1.54, 1.807) is 12.1 Å². The molecule has 0 spiro atoms. The zero-order valence-corrected chi connectivity index (χ0v) is 9.50. The standard InChI is InChI=1S/C11H12BrFO/c1-9(6-7-12)8-14-11-4-2-10(13)3-5-11/h2-7,9H,8H2,1H3/b7-6+/t9-/m0/s1. The van der Waals surface area contributed by atoms with Crippen molar-refractivity contribution in [3.8, 4) is 5.75 Å². The molecule has 76 valence electrons. The van der Waals surface area contributed by atoms with Crippen molar-refractivity contribution in [3.05, 3.63) is 41.1 Å². The highest BCUT2D eigenvalue weighted by Gasteiger charge is 1.98. The van der Waals surface area contributed by atoms with Gasteiger partial charge in [0.15, 0.2) is 0 Å². The molecule has 0 bridgehead atoms. The van der Waals surface area contributed by atoms with Gasteiger partial charge in [0.05, 0.1) is 6.61 Å². The van der Waals surface area contributed by atoms with Crippen molar-refractivity contribution in [3.63, 3.8) is 0 Å². The topological polar surface area (TPSA) is 9.23 Å². The highest BCUT2D eigenvalue weighted by atomic mass is 79.9. The van der Waals surface area contributed by atoms with Crippen LogP contribution in [-0.2, 0) is 0 Å². The summed E-state index contributed by atoms with van der Waals surface area (Å²) in [6.45, 7) is 2.63. The Balaban J connectivity index is 2.42. The highest BCUT2D eigenvalue weighted by molar-refractivity contribution is 9.11. The van der Waals surface area contributed by atoms with Crippen LogP contribution in [0.5, 0.6) is 5.75 Å². The van der Waals surface area contributed by atoms with Crippen molar-refractivity contribution in [1.29, 1.82) is 0 Å². The molecule has 0 aliphatic carbocycles. The van der Waals surface area contributed by atoms with Gasteiger partial charge in [-0.05, 0) is 29.3 Å². The normalized spacial score (nSPS) is 13.1. The first-order valence-electron chi connectivity index (χ1n) is 4.37. The molecule has 0 fully saturated rings. The van der Waals surface area contributed by atoms with E-state index in [2.05, 4.69) is 15.9 Å². The fraction of sp³-hybridized carbons (Fsp3) is 0.273. The summed E-state index contributed by atoms with van der Waals surface area (Å²) in [6, 6.07) is 6.03. The van der Waals surface area contributed by atoms with Crippen molar-refractivity contribution < 1.29 is 9.13 Å². The van der Waals surface area contributed by atoms with Crippen LogP contribution >= 0.6 is 15.9 Å². The molecule has 0 aliphatic heterocycles. The van der Waals surface area contributed by atoms with Crippen molar-refractivity contribution in [2.45, 2.75) is 6.92 Å². The lowest BCUT2D eigenvalue weighted by Crippen LogP contribution is -2.05. The van der Waals surface area contributed by atoms with Gasteiger partial charge in [-0.2, -0.15) is 0 Å². The van der Waals surface area contributed by atoms with E-state index in [0.29, 0.717) is 18.3 Å². The van der Waals surface area contributed by atoms with E-state index in [-0.39, 0.29) is 5.82 Å². The van der Waals surface area contributed by atoms with Gasteiger partial charge in [-0.25, -0.2) is 4.39 Å². The lowest BCUT2D eigenvalue weighted by molar-refractivity contribution is 0.284. The van der Waals surface area contributed by atoms with Crippen LogP contribution in [0.3, 0.4) is 0 Å². The summed E-state index contributed by atoms with van der Waals surface area (Å²) >= 11 is 3.20. The molecule has 1 atom stereocenters. The molecule has 0 saturated heterocycles. The SMILES string of the molecule is C[C@@H](/C=C/Br)COc1ccc(F)cc1. The van der Waals surface area contributed by atoms with Crippen molar-refractivity contribution in [2.75, 3.05) is 6.61 Å². The maximum Gasteiger partial charge on any atom is 0.123 e. The maximum absolute atomic E-state index is 12.5. The second-order valence-corrected chi connectivity index (χ2v) is 3.59. The van der Waals surface area contributed by atoms with Crippen LogP contribution in [0.1, 0.15) is 6.92 Å². The molecule has 0 heterocycles. The molecule has 0 saturated carbocycles. The Morgan fingerprint density at radius 1 is 1.43 bits per heavy atom. The van der Waals surface area contributed by atoms with E-state index in [1.165, 1.54) is 12.1 Å². The second-order valence-electron chi connectivity index (χ2n) is 3.06. The first-order chi connectivity index (χ1) is 6.72. The van der Waals surface area contributed by atoms with Gasteiger partial charge in [-0.15, -0.1) is 0 Å². The molecule has 14 heavy (non-hydrogen) atoms. The predicted molar refractivity (Wildman–Crippen MR) is 59.1 cm³/mol. The fourth-order valence-electron chi connectivity index (χ4n) is 0.938. The van der Waals surface area contributed by atoms with E-state index in [0.717, 1.165) is 0 Å². The van der Waals surface area contributed by atoms with Crippen LogP contribution in [0, 0.1) is 11.7 Å². The second kappa shape index (κ2) is 5.81. The Kier molecular flexibility index (Phi) is 4.66. The summed E-state index contributed by atoms with van der Waals surface area (Å²) in [5.74, 6) is 0.784. The van der Waals surface area contributed by atoms with Gasteiger partial charge in [-0.1, -0.05) is 28.9 Å². The molecule has 1 nitrogen and oxygen atoms in total. The minimum absolute atomic E-state index is 0.245. The average molecular weight is 259 g/mol. The first kappa shape index (κ1) is 11.2. The lowest BCUT2D eigenvalue weighted by atomic mass is 10.2. The van der Waals surface area contributed by atoms with Gasteiger partial charge >= 0.3 is 0 Å². The van der Waals surface area contributed by atoms with Crippen molar-refractivity contribution in [2.24, 2.45) is 5.92 Å². The van der Waals surface area contributed by atoms with Gasteiger partial charge in [-0.3, -0.25) is 0 Å². The molecule has 0 aliphatic rings. The lowest BCUT2D eigenvalue weighted by Gasteiger charge is -2.08. The molecule has 0 radical (unpaired) electrons. The Bertz CT molecular complexity index is 295. The molecule has 0 unspecified atom stereocenters. The van der Waals surface area contributed by atoms with Crippen LogP contribution < -0.4 is 4.74 Å². The smallest absolute Gasteiger partial charge is 0.123 e. The predicted octanol–water partition coefficient (Wildman–Crippen LogP) is 3.75. The van der Waals surface area contributed by atoms with Crippen LogP contribution in [-0.4, -0.2) is 6.61 Å². The Labute approximate surface area is 91.7 Å². The summed E-state index contributed by atoms with van der Waals surface area (Å²) in [5, 5.41) is 0. The number of benzene rings is 1. The fourth-order valence-corrected chi connectivity index (χ4v) is 1.46. The minimum atomic E-state index is -0.245. The van der Waals surface area contributed by atoms with E-state index < -0.39 is 0 Å². The van der Waals surface area contributed by atoms with E-state index in [1.807, 2.05) is 18.0 Å². The summed E-state index contributed by atoms with van der Waals surface area (Å²) in [5.41, 5.74) is 0. The first-order valence-corrected chi connectivity index (χ1v) is 5.29.